The smallest absolute Gasteiger partial charge is 0.466 e. The Hall–Kier alpha value is -0.990. The number of carboxylic acids is 2. The molecule has 0 saturated heterocycles. The van der Waals surface area contributed by atoms with E-state index in [1.807, 2.05) is 0 Å². The second-order valence-corrected chi connectivity index (χ2v) is 3.07. The van der Waals surface area contributed by atoms with Gasteiger partial charge in [0.15, 0.2) is 0 Å². The van der Waals surface area contributed by atoms with Crippen molar-refractivity contribution in [3.8, 4) is 0 Å². The Bertz CT molecular complexity index is 216. The molecule has 1 unspecified atom stereocenters. The van der Waals surface area contributed by atoms with Crippen molar-refractivity contribution in [2.45, 2.75) is 20.0 Å². The molecule has 0 saturated carbocycles. The van der Waals surface area contributed by atoms with E-state index in [9.17, 15) is 4.79 Å². The summed E-state index contributed by atoms with van der Waals surface area (Å²) in [6.45, 7) is 2.28. The summed E-state index contributed by atoms with van der Waals surface area (Å²) in [4.78, 5) is 40.0. The van der Waals surface area contributed by atoms with Crippen LogP contribution in [0.5, 0.6) is 0 Å². The minimum Gasteiger partial charge on any atom is -0.481 e. The normalized spacial score (nSPS) is 11.1. The lowest BCUT2D eigenvalue weighted by Gasteiger charge is -1.89. The summed E-state index contributed by atoms with van der Waals surface area (Å²) in [6, 6.07) is 0. The van der Waals surface area contributed by atoms with Crippen LogP contribution in [0.25, 0.3) is 0 Å². The first kappa shape index (κ1) is 19.6. The molecule has 0 amide bonds. The molecule has 0 radical (unpaired) electrons. The monoisotopic (exact) mass is 248 g/mol. The second-order valence-electron chi connectivity index (χ2n) is 2.05. The van der Waals surface area contributed by atoms with Gasteiger partial charge in [-0.05, 0) is 6.92 Å². The highest BCUT2D eigenvalue weighted by Gasteiger charge is 2.01. The van der Waals surface area contributed by atoms with E-state index in [-0.39, 0.29) is 0 Å². The molecule has 6 N–H and O–H groups in total. The zero-order chi connectivity index (χ0) is 13.2. The average Bonchev–Trinajstić information content (AvgIpc) is 1.80. The highest BCUT2D eigenvalue weighted by molar-refractivity contribution is 7.45. The number of hydrogen-bond acceptors (Lipinski definition) is 4. The second kappa shape index (κ2) is 9.56. The Labute approximate surface area is 84.8 Å². The Balaban J connectivity index is -0.000000147. The first-order chi connectivity index (χ1) is 6.37. The van der Waals surface area contributed by atoms with Gasteiger partial charge in [0.25, 0.3) is 5.97 Å². The molecule has 1 atom stereocenters. The van der Waals surface area contributed by atoms with E-state index in [0.717, 1.165) is 6.92 Å². The van der Waals surface area contributed by atoms with Crippen molar-refractivity contribution < 1.29 is 44.2 Å². The summed E-state index contributed by atoms with van der Waals surface area (Å²) in [5.41, 5.74) is 0. The Morgan fingerprint density at radius 3 is 1.20 bits per heavy atom. The molecule has 10 heteroatoms. The predicted molar refractivity (Wildman–Crippen MR) is 46.9 cm³/mol. The first-order valence-corrected chi connectivity index (χ1v) is 4.83. The molecule has 0 spiro atoms. The molecule has 15 heavy (non-hydrogen) atoms. The van der Waals surface area contributed by atoms with Crippen LogP contribution in [0.1, 0.15) is 13.8 Å². The van der Waals surface area contributed by atoms with Gasteiger partial charge in [0.2, 0.25) is 0 Å². The van der Waals surface area contributed by atoms with Crippen molar-refractivity contribution in [1.29, 1.82) is 0 Å². The third kappa shape index (κ3) is 174. The molecule has 0 heterocycles. The molecule has 0 bridgehead atoms. The van der Waals surface area contributed by atoms with E-state index in [2.05, 4.69) is 0 Å². The number of carbonyl (C=O) groups is 2. The van der Waals surface area contributed by atoms with Crippen molar-refractivity contribution in [3.05, 3.63) is 0 Å². The summed E-state index contributed by atoms with van der Waals surface area (Å²) in [5.74, 6) is -2.02. The van der Waals surface area contributed by atoms with E-state index in [4.69, 9.17) is 39.4 Å². The zero-order valence-corrected chi connectivity index (χ0v) is 8.83. The van der Waals surface area contributed by atoms with Crippen LogP contribution in [-0.4, -0.2) is 48.0 Å². The summed E-state index contributed by atoms with van der Waals surface area (Å²) < 4.78 is 8.88. The maximum atomic E-state index is 9.45. The van der Waals surface area contributed by atoms with Gasteiger partial charge >= 0.3 is 13.8 Å². The number of aliphatic hydroxyl groups is 1. The fourth-order valence-corrected chi connectivity index (χ4v) is 0. The number of phosphoric acid groups is 1. The molecular weight excluding hydrogens is 235 g/mol. The maximum Gasteiger partial charge on any atom is 0.466 e. The molecule has 0 aliphatic heterocycles. The van der Waals surface area contributed by atoms with E-state index >= 15 is 0 Å². The largest absolute Gasteiger partial charge is 0.481 e. The molecule has 0 rings (SSSR count). The standard InChI is InChI=1S/C3H6O3.C2H4O2.H3O4P/c1-2(4)3(5)6;1-2(3)4;1-5(2,3)4/h2,4H,1H3,(H,5,6);1H3,(H,3,4);(H3,1,2,3,4). The van der Waals surface area contributed by atoms with Crippen LogP contribution in [0.15, 0.2) is 0 Å². The maximum absolute atomic E-state index is 9.45. The fourth-order valence-electron chi connectivity index (χ4n) is 0. The Kier molecular flexibility index (Phi) is 12.5. The van der Waals surface area contributed by atoms with Crippen molar-refractivity contribution in [2.75, 3.05) is 0 Å². The van der Waals surface area contributed by atoms with Gasteiger partial charge in [-0.2, -0.15) is 0 Å². The zero-order valence-electron chi connectivity index (χ0n) is 7.93. The van der Waals surface area contributed by atoms with Crippen molar-refractivity contribution in [2.24, 2.45) is 0 Å². The summed E-state index contributed by atoms with van der Waals surface area (Å²) in [7, 11) is -4.64. The molecule has 0 aromatic heterocycles. The number of hydrogen-bond donors (Lipinski definition) is 6. The molecule has 0 aromatic carbocycles. The summed E-state index contributed by atoms with van der Waals surface area (Å²) >= 11 is 0. The number of carboxylic acid groups (broad SMARTS) is 2. The average molecular weight is 248 g/mol. The third-order valence-corrected chi connectivity index (χ3v) is 0.357. The number of rotatable bonds is 1. The van der Waals surface area contributed by atoms with Crippen LogP contribution in [-0.2, 0) is 14.2 Å². The molecule has 92 valence electrons. The topological polar surface area (TPSA) is 173 Å². The van der Waals surface area contributed by atoms with Gasteiger partial charge in [-0.3, -0.25) is 4.79 Å². The lowest BCUT2D eigenvalue weighted by atomic mass is 10.4. The molecule has 0 aliphatic carbocycles. The van der Waals surface area contributed by atoms with Crippen LogP contribution in [0.3, 0.4) is 0 Å². The molecular formula is C5H13O9P. The number of aliphatic carboxylic acids is 2. The van der Waals surface area contributed by atoms with E-state index in [1.54, 1.807) is 0 Å². The van der Waals surface area contributed by atoms with Crippen molar-refractivity contribution >= 4 is 19.8 Å². The van der Waals surface area contributed by atoms with Gasteiger partial charge in [-0.1, -0.05) is 0 Å². The third-order valence-electron chi connectivity index (χ3n) is 0.357. The van der Waals surface area contributed by atoms with Gasteiger partial charge in [0.1, 0.15) is 6.10 Å². The van der Waals surface area contributed by atoms with Crippen LogP contribution < -0.4 is 0 Å². The Morgan fingerprint density at radius 1 is 1.13 bits per heavy atom. The van der Waals surface area contributed by atoms with E-state index < -0.39 is 25.9 Å². The minimum atomic E-state index is -4.64. The van der Waals surface area contributed by atoms with E-state index in [0.29, 0.717) is 0 Å². The van der Waals surface area contributed by atoms with E-state index in [1.165, 1.54) is 6.92 Å². The summed E-state index contributed by atoms with van der Waals surface area (Å²) in [6.07, 6.45) is -1.23. The van der Waals surface area contributed by atoms with Crippen molar-refractivity contribution in [1.82, 2.24) is 0 Å². The highest BCUT2D eigenvalue weighted by atomic mass is 31.2. The predicted octanol–water partition coefficient (Wildman–Crippen LogP) is -1.39. The molecule has 0 aromatic rings. The van der Waals surface area contributed by atoms with Crippen LogP contribution >= 0.6 is 7.82 Å². The van der Waals surface area contributed by atoms with Gasteiger partial charge in [0, 0.05) is 6.92 Å². The minimum absolute atomic E-state index is 0.833. The van der Waals surface area contributed by atoms with Crippen LogP contribution in [0, 0.1) is 0 Å². The quantitative estimate of drug-likeness (QED) is 0.305. The summed E-state index contributed by atoms with van der Waals surface area (Å²) in [5, 5.41) is 23.2. The van der Waals surface area contributed by atoms with Gasteiger partial charge in [0.05, 0.1) is 0 Å². The number of aliphatic hydroxyl groups excluding tert-OH is 1. The lowest BCUT2D eigenvalue weighted by molar-refractivity contribution is -0.145. The van der Waals surface area contributed by atoms with Gasteiger partial charge in [-0.15, -0.1) is 0 Å². The molecule has 0 aliphatic rings. The van der Waals surface area contributed by atoms with Gasteiger partial charge in [-0.25, -0.2) is 9.36 Å². The van der Waals surface area contributed by atoms with Gasteiger partial charge < -0.3 is 30.0 Å². The molecule has 0 fully saturated rings. The fraction of sp³-hybridized carbons (Fsp3) is 0.600. The van der Waals surface area contributed by atoms with Crippen LogP contribution in [0.4, 0.5) is 0 Å². The first-order valence-electron chi connectivity index (χ1n) is 3.26. The van der Waals surface area contributed by atoms with Crippen LogP contribution in [0.2, 0.25) is 0 Å². The SMILES string of the molecule is CC(=O)O.CC(O)C(=O)O.O=P(O)(O)O. The molecule has 9 nitrogen and oxygen atoms in total. The highest BCUT2D eigenvalue weighted by Crippen LogP contribution is 2.25. The lowest BCUT2D eigenvalue weighted by Crippen LogP contribution is -2.13. The van der Waals surface area contributed by atoms with Crippen molar-refractivity contribution in [3.63, 3.8) is 0 Å². The Morgan fingerprint density at radius 2 is 1.20 bits per heavy atom.